The molecular formula is C14H20ClNO2S. The molecule has 1 aromatic rings. The van der Waals surface area contributed by atoms with Crippen molar-refractivity contribution in [2.24, 2.45) is 4.40 Å². The number of phenols is 1. The minimum atomic E-state index is -1.29. The van der Waals surface area contributed by atoms with Crippen LogP contribution < -0.4 is 0 Å². The molecule has 0 amide bonds. The fourth-order valence-electron chi connectivity index (χ4n) is 1.37. The van der Waals surface area contributed by atoms with Crippen molar-refractivity contribution in [1.29, 1.82) is 0 Å². The van der Waals surface area contributed by atoms with E-state index in [1.165, 1.54) is 0 Å². The lowest BCUT2D eigenvalue weighted by atomic mass is 10.1. The summed E-state index contributed by atoms with van der Waals surface area (Å²) in [6.07, 6.45) is 1.46. The molecular weight excluding hydrogens is 282 g/mol. The Bertz CT molecular complexity index is 463. The van der Waals surface area contributed by atoms with Gasteiger partial charge in [-0.05, 0) is 63.4 Å². The number of nitrogens with zero attached hydrogens (tertiary/aromatic N) is 1. The summed E-state index contributed by atoms with van der Waals surface area (Å²) in [7, 11) is -1.29. The van der Waals surface area contributed by atoms with Gasteiger partial charge in [0.1, 0.15) is 16.7 Å². The van der Waals surface area contributed by atoms with Gasteiger partial charge < -0.3 is 5.11 Å². The predicted molar refractivity (Wildman–Crippen MR) is 82.5 cm³/mol. The van der Waals surface area contributed by atoms with Crippen molar-refractivity contribution in [3.05, 3.63) is 29.8 Å². The van der Waals surface area contributed by atoms with Gasteiger partial charge in [0.05, 0.1) is 10.5 Å². The van der Waals surface area contributed by atoms with Crippen LogP contribution in [-0.2, 0) is 11.0 Å². The Labute approximate surface area is 122 Å². The van der Waals surface area contributed by atoms with E-state index in [2.05, 4.69) is 4.40 Å². The third-order valence-electron chi connectivity index (χ3n) is 2.46. The minimum Gasteiger partial charge on any atom is -0.508 e. The molecule has 0 radical (unpaired) electrons. The second-order valence-corrected chi connectivity index (χ2v) is 7.52. The van der Waals surface area contributed by atoms with E-state index in [0.717, 1.165) is 17.7 Å². The molecule has 0 fully saturated rings. The highest BCUT2D eigenvalue weighted by molar-refractivity contribution is 7.85. The summed E-state index contributed by atoms with van der Waals surface area (Å²) in [4.78, 5) is 0. The molecule has 1 N–H and O–H groups in total. The molecule has 0 aliphatic heterocycles. The van der Waals surface area contributed by atoms with Crippen molar-refractivity contribution in [3.8, 4) is 5.75 Å². The standard InChI is InChI=1S/C14H20ClNO2S/c1-14(2,3)19(18)16-13(5-4-10-15)11-6-8-12(17)9-7-11/h6-9,17H,4-5,10H2,1-3H3/t19-/m0/s1. The first kappa shape index (κ1) is 16.2. The monoisotopic (exact) mass is 301 g/mol. The molecule has 0 spiro atoms. The smallest absolute Gasteiger partial charge is 0.145 e. The molecule has 1 aromatic carbocycles. The lowest BCUT2D eigenvalue weighted by Gasteiger charge is -2.15. The summed E-state index contributed by atoms with van der Waals surface area (Å²) in [5.74, 6) is 0.747. The molecule has 1 atom stereocenters. The van der Waals surface area contributed by atoms with Crippen LogP contribution in [0.3, 0.4) is 0 Å². The molecule has 0 aromatic heterocycles. The highest BCUT2D eigenvalue weighted by Crippen LogP contribution is 2.17. The number of rotatable bonds is 5. The number of hydrogen-bond donors (Lipinski definition) is 1. The zero-order valence-corrected chi connectivity index (χ0v) is 13.1. The SMILES string of the molecule is CC(C)(C)[S@](=O)N=C(CCCCl)c1ccc(O)cc1. The number of aromatic hydroxyl groups is 1. The lowest BCUT2D eigenvalue weighted by molar-refractivity contribution is 0.475. The third-order valence-corrected chi connectivity index (χ3v) is 4.17. The van der Waals surface area contributed by atoms with Gasteiger partial charge in [-0.15, -0.1) is 11.6 Å². The number of phenolic OH excluding ortho intramolecular Hbond substituents is 1. The molecule has 0 unspecified atom stereocenters. The van der Waals surface area contributed by atoms with E-state index >= 15 is 0 Å². The van der Waals surface area contributed by atoms with Gasteiger partial charge in [0.2, 0.25) is 0 Å². The first-order valence-corrected chi connectivity index (χ1v) is 7.83. The normalized spacial score (nSPS) is 14.4. The second-order valence-electron chi connectivity index (χ2n) is 5.24. The predicted octanol–water partition coefficient (Wildman–Crippen LogP) is 3.66. The van der Waals surface area contributed by atoms with Gasteiger partial charge in [-0.25, -0.2) is 4.21 Å². The van der Waals surface area contributed by atoms with Gasteiger partial charge in [0, 0.05) is 5.88 Å². The van der Waals surface area contributed by atoms with Gasteiger partial charge in [0.15, 0.2) is 0 Å². The maximum Gasteiger partial charge on any atom is 0.145 e. The molecule has 1 rings (SSSR count). The molecule has 19 heavy (non-hydrogen) atoms. The summed E-state index contributed by atoms with van der Waals surface area (Å²) >= 11 is 5.71. The molecule has 106 valence electrons. The van der Waals surface area contributed by atoms with Crippen LogP contribution in [0.1, 0.15) is 39.2 Å². The van der Waals surface area contributed by atoms with Gasteiger partial charge in [-0.3, -0.25) is 0 Å². The Morgan fingerprint density at radius 3 is 2.37 bits per heavy atom. The molecule has 0 saturated heterocycles. The van der Waals surface area contributed by atoms with Crippen LogP contribution >= 0.6 is 11.6 Å². The first-order chi connectivity index (χ1) is 8.84. The Kier molecular flexibility index (Phi) is 6.01. The molecule has 5 heteroatoms. The largest absolute Gasteiger partial charge is 0.508 e. The van der Waals surface area contributed by atoms with Gasteiger partial charge in [0.25, 0.3) is 0 Å². The minimum absolute atomic E-state index is 0.206. The van der Waals surface area contributed by atoms with Crippen molar-refractivity contribution < 1.29 is 9.32 Å². The van der Waals surface area contributed by atoms with Crippen LogP contribution in [0.5, 0.6) is 5.75 Å². The topological polar surface area (TPSA) is 49.7 Å². The van der Waals surface area contributed by atoms with Crippen molar-refractivity contribution in [3.63, 3.8) is 0 Å². The zero-order valence-electron chi connectivity index (χ0n) is 11.5. The van der Waals surface area contributed by atoms with E-state index in [1.807, 2.05) is 20.8 Å². The Balaban J connectivity index is 3.04. The van der Waals surface area contributed by atoms with E-state index in [9.17, 15) is 9.32 Å². The Hall–Kier alpha value is -0.870. The quantitative estimate of drug-likeness (QED) is 0.666. The molecule has 3 nitrogen and oxygen atoms in total. The van der Waals surface area contributed by atoms with E-state index in [4.69, 9.17) is 11.6 Å². The van der Waals surface area contributed by atoms with Gasteiger partial charge in [-0.2, -0.15) is 4.40 Å². The zero-order chi connectivity index (χ0) is 14.5. The molecule has 0 heterocycles. The van der Waals surface area contributed by atoms with E-state index in [1.54, 1.807) is 24.3 Å². The maximum absolute atomic E-state index is 12.1. The van der Waals surface area contributed by atoms with Crippen LogP contribution in [0.4, 0.5) is 0 Å². The summed E-state index contributed by atoms with van der Waals surface area (Å²) in [6, 6.07) is 6.77. The molecule has 0 aliphatic rings. The Morgan fingerprint density at radius 2 is 1.89 bits per heavy atom. The summed E-state index contributed by atoms with van der Waals surface area (Å²) in [5.41, 5.74) is 1.65. The van der Waals surface area contributed by atoms with Crippen LogP contribution in [0.2, 0.25) is 0 Å². The number of benzene rings is 1. The summed E-state index contributed by atoms with van der Waals surface area (Å²) in [5, 5.41) is 9.30. The maximum atomic E-state index is 12.1. The first-order valence-electron chi connectivity index (χ1n) is 6.19. The van der Waals surface area contributed by atoms with E-state index in [0.29, 0.717) is 12.3 Å². The average molecular weight is 302 g/mol. The number of alkyl halides is 1. The number of halogens is 1. The van der Waals surface area contributed by atoms with Crippen LogP contribution in [-0.4, -0.2) is 25.7 Å². The lowest BCUT2D eigenvalue weighted by Crippen LogP contribution is -2.21. The van der Waals surface area contributed by atoms with Crippen molar-refractivity contribution in [2.75, 3.05) is 5.88 Å². The van der Waals surface area contributed by atoms with Crippen LogP contribution in [0.25, 0.3) is 0 Å². The fraction of sp³-hybridized carbons (Fsp3) is 0.500. The molecule has 0 saturated carbocycles. The fourth-order valence-corrected chi connectivity index (χ4v) is 2.17. The second kappa shape index (κ2) is 7.06. The van der Waals surface area contributed by atoms with Gasteiger partial charge >= 0.3 is 0 Å². The van der Waals surface area contributed by atoms with Crippen molar-refractivity contribution in [2.45, 2.75) is 38.4 Å². The third kappa shape index (κ3) is 5.33. The van der Waals surface area contributed by atoms with E-state index in [-0.39, 0.29) is 10.5 Å². The highest BCUT2D eigenvalue weighted by Gasteiger charge is 2.20. The molecule has 0 aliphatic carbocycles. The van der Waals surface area contributed by atoms with Crippen molar-refractivity contribution in [1.82, 2.24) is 0 Å². The van der Waals surface area contributed by atoms with Gasteiger partial charge in [-0.1, -0.05) is 0 Å². The summed E-state index contributed by atoms with van der Waals surface area (Å²) in [6.45, 7) is 5.67. The highest BCUT2D eigenvalue weighted by atomic mass is 35.5. The molecule has 0 bridgehead atoms. The average Bonchev–Trinajstić information content (AvgIpc) is 2.34. The van der Waals surface area contributed by atoms with E-state index < -0.39 is 11.0 Å². The number of hydrogen-bond acceptors (Lipinski definition) is 2. The van der Waals surface area contributed by atoms with Crippen LogP contribution in [0, 0.1) is 0 Å². The van der Waals surface area contributed by atoms with Crippen LogP contribution in [0.15, 0.2) is 28.7 Å². The summed E-state index contributed by atoms with van der Waals surface area (Å²) < 4.78 is 16.1. The van der Waals surface area contributed by atoms with Crippen molar-refractivity contribution >= 4 is 28.3 Å². The Morgan fingerprint density at radius 1 is 1.32 bits per heavy atom.